The van der Waals surface area contributed by atoms with Gasteiger partial charge in [-0.2, -0.15) is 0 Å². The summed E-state index contributed by atoms with van der Waals surface area (Å²) >= 11 is 0. The summed E-state index contributed by atoms with van der Waals surface area (Å²) in [5, 5.41) is 21.7. The number of amides is 2. The van der Waals surface area contributed by atoms with Crippen molar-refractivity contribution in [2.24, 2.45) is 11.7 Å². The molecule has 3 aromatic carbocycles. The van der Waals surface area contributed by atoms with Crippen molar-refractivity contribution in [2.75, 3.05) is 6.61 Å². The Labute approximate surface area is 213 Å². The zero-order valence-corrected chi connectivity index (χ0v) is 20.2. The highest BCUT2D eigenvalue weighted by atomic mass is 16.5. The number of hydrogen-bond donors (Lipinski definition) is 4. The second-order valence-electron chi connectivity index (χ2n) is 8.72. The first-order valence-corrected chi connectivity index (χ1v) is 11.6. The molecule has 5 N–H and O–H groups in total. The van der Waals surface area contributed by atoms with Crippen molar-refractivity contribution in [2.45, 2.75) is 25.8 Å². The van der Waals surface area contributed by atoms with Crippen LogP contribution in [0.3, 0.4) is 0 Å². The van der Waals surface area contributed by atoms with Gasteiger partial charge in [-0.15, -0.1) is 0 Å². The largest absolute Gasteiger partial charge is 0.484 e. The fourth-order valence-electron chi connectivity index (χ4n) is 3.83. The van der Waals surface area contributed by atoms with E-state index >= 15 is 0 Å². The molecule has 192 valence electrons. The lowest BCUT2D eigenvalue weighted by Gasteiger charge is -2.21. The number of carbonyl (C=O) groups is 4. The molecule has 0 radical (unpaired) electrons. The Hall–Kier alpha value is -4.66. The topological polar surface area (TPSA) is 156 Å². The summed E-state index contributed by atoms with van der Waals surface area (Å²) in [5.74, 6) is -4.37. The molecule has 1 unspecified atom stereocenters. The number of aromatic carboxylic acids is 1. The molecule has 3 rings (SSSR count). The summed E-state index contributed by atoms with van der Waals surface area (Å²) in [4.78, 5) is 47.2. The molecule has 0 saturated carbocycles. The summed E-state index contributed by atoms with van der Waals surface area (Å²) in [5.41, 5.74) is 7.85. The Morgan fingerprint density at radius 1 is 0.892 bits per heavy atom. The van der Waals surface area contributed by atoms with Crippen LogP contribution in [0.25, 0.3) is 11.1 Å². The van der Waals surface area contributed by atoms with E-state index in [1.54, 1.807) is 6.92 Å². The third-order valence-electron chi connectivity index (χ3n) is 5.73. The number of rotatable bonds is 12. The van der Waals surface area contributed by atoms with Crippen molar-refractivity contribution < 1.29 is 34.1 Å². The molecular weight excluding hydrogens is 476 g/mol. The average molecular weight is 505 g/mol. The Morgan fingerprint density at radius 3 is 2.11 bits per heavy atom. The summed E-state index contributed by atoms with van der Waals surface area (Å²) in [6.45, 7) is 1.07. The number of aliphatic carboxylic acids is 1. The van der Waals surface area contributed by atoms with Gasteiger partial charge >= 0.3 is 11.9 Å². The van der Waals surface area contributed by atoms with Crippen molar-refractivity contribution >= 4 is 23.8 Å². The van der Waals surface area contributed by atoms with Gasteiger partial charge in [0.25, 0.3) is 11.8 Å². The third kappa shape index (κ3) is 7.93. The average Bonchev–Trinajstić information content (AvgIpc) is 2.88. The lowest BCUT2D eigenvalue weighted by molar-refractivity contribution is -0.141. The molecule has 2 atom stereocenters. The van der Waals surface area contributed by atoms with Crippen LogP contribution in [0.1, 0.15) is 39.6 Å². The minimum absolute atomic E-state index is 0.00388. The van der Waals surface area contributed by atoms with Crippen LogP contribution in [0.2, 0.25) is 0 Å². The number of nitrogens with two attached hydrogens (primary N) is 1. The van der Waals surface area contributed by atoms with Gasteiger partial charge in [-0.05, 0) is 47.7 Å². The summed E-state index contributed by atoms with van der Waals surface area (Å²) in [6.07, 6.45) is 0.521. The maximum Gasteiger partial charge on any atom is 0.335 e. The standard InChI is InChI=1S/C28H28N2O7/c1-17(27(33)34)11-23(12-18-7-9-20(10-8-18)19-5-3-2-4-6-19)30-26(32)21-13-22(28(35)36)15-24(14-21)37-16-25(29)31/h2-10,13-15,17,23H,11-12,16H2,1H3,(H2,29,31)(H,30,32)(H,33,34)(H,35,36)/t17-,23?/m1/s1. The number of ether oxygens (including phenoxy) is 1. The van der Waals surface area contributed by atoms with E-state index < -0.39 is 42.3 Å². The Morgan fingerprint density at radius 2 is 1.51 bits per heavy atom. The van der Waals surface area contributed by atoms with Gasteiger partial charge in [0, 0.05) is 11.6 Å². The predicted octanol–water partition coefficient (Wildman–Crippen LogP) is 3.37. The number of primary amides is 1. The van der Waals surface area contributed by atoms with Crippen LogP contribution in [-0.4, -0.2) is 46.6 Å². The maximum absolute atomic E-state index is 13.1. The van der Waals surface area contributed by atoms with E-state index in [2.05, 4.69) is 5.32 Å². The molecule has 3 aromatic rings. The molecule has 0 aliphatic carbocycles. The van der Waals surface area contributed by atoms with E-state index in [1.807, 2.05) is 54.6 Å². The SMILES string of the molecule is C[C@H](CC(Cc1ccc(-c2ccccc2)cc1)NC(=O)c1cc(OCC(N)=O)cc(C(=O)O)c1)C(=O)O. The molecule has 2 amide bonds. The minimum Gasteiger partial charge on any atom is -0.484 e. The van der Waals surface area contributed by atoms with E-state index in [0.29, 0.717) is 6.42 Å². The van der Waals surface area contributed by atoms with Crippen molar-refractivity contribution in [3.8, 4) is 16.9 Å². The number of carbonyl (C=O) groups excluding carboxylic acids is 2. The molecule has 9 heteroatoms. The minimum atomic E-state index is -1.28. The zero-order chi connectivity index (χ0) is 26.9. The van der Waals surface area contributed by atoms with Gasteiger partial charge < -0.3 is 26.0 Å². The summed E-state index contributed by atoms with van der Waals surface area (Å²) < 4.78 is 5.20. The Balaban J connectivity index is 1.82. The van der Waals surface area contributed by atoms with E-state index in [0.717, 1.165) is 16.7 Å². The molecule has 0 spiro atoms. The number of hydrogen-bond acceptors (Lipinski definition) is 5. The second kappa shape index (κ2) is 12.3. The quantitative estimate of drug-likeness (QED) is 0.295. The third-order valence-corrected chi connectivity index (χ3v) is 5.73. The molecule has 0 fully saturated rings. The van der Waals surface area contributed by atoms with Gasteiger partial charge in [0.2, 0.25) is 0 Å². The molecule has 0 saturated heterocycles. The molecule has 0 aliphatic rings. The molecule has 9 nitrogen and oxygen atoms in total. The van der Waals surface area contributed by atoms with Gasteiger partial charge in [0.15, 0.2) is 6.61 Å². The van der Waals surface area contributed by atoms with Crippen molar-refractivity contribution in [3.05, 3.63) is 89.5 Å². The van der Waals surface area contributed by atoms with Crippen LogP contribution in [-0.2, 0) is 16.0 Å². The predicted molar refractivity (Wildman–Crippen MR) is 136 cm³/mol. The lowest BCUT2D eigenvalue weighted by Crippen LogP contribution is -2.38. The van der Waals surface area contributed by atoms with Gasteiger partial charge in [-0.3, -0.25) is 14.4 Å². The van der Waals surface area contributed by atoms with Crippen LogP contribution in [0, 0.1) is 5.92 Å². The number of benzene rings is 3. The first kappa shape index (κ1) is 26.9. The molecule has 37 heavy (non-hydrogen) atoms. The van der Waals surface area contributed by atoms with Crippen LogP contribution in [0.4, 0.5) is 0 Å². The molecular formula is C28H28N2O7. The first-order chi connectivity index (χ1) is 17.6. The van der Waals surface area contributed by atoms with Crippen molar-refractivity contribution in [3.63, 3.8) is 0 Å². The maximum atomic E-state index is 13.1. The van der Waals surface area contributed by atoms with Crippen LogP contribution in [0.15, 0.2) is 72.8 Å². The lowest BCUT2D eigenvalue weighted by atomic mass is 9.94. The highest BCUT2D eigenvalue weighted by Gasteiger charge is 2.22. The molecule has 0 aliphatic heterocycles. The van der Waals surface area contributed by atoms with Crippen LogP contribution < -0.4 is 15.8 Å². The van der Waals surface area contributed by atoms with Crippen LogP contribution in [0.5, 0.6) is 5.75 Å². The summed E-state index contributed by atoms with van der Waals surface area (Å²) in [6, 6.07) is 20.7. The van der Waals surface area contributed by atoms with E-state index in [4.69, 9.17) is 10.5 Å². The monoisotopic (exact) mass is 504 g/mol. The molecule has 0 heterocycles. The second-order valence-corrected chi connectivity index (χ2v) is 8.72. The fourth-order valence-corrected chi connectivity index (χ4v) is 3.83. The first-order valence-electron chi connectivity index (χ1n) is 11.6. The van der Waals surface area contributed by atoms with Gasteiger partial charge in [0.1, 0.15) is 5.75 Å². The highest BCUT2D eigenvalue weighted by Crippen LogP contribution is 2.22. The molecule has 0 bridgehead atoms. The Kier molecular flexibility index (Phi) is 8.99. The number of carboxylic acid groups (broad SMARTS) is 2. The fraction of sp³-hybridized carbons (Fsp3) is 0.214. The molecule has 0 aromatic heterocycles. The van der Waals surface area contributed by atoms with E-state index in [1.165, 1.54) is 18.2 Å². The van der Waals surface area contributed by atoms with Gasteiger partial charge in [0.05, 0.1) is 11.5 Å². The smallest absolute Gasteiger partial charge is 0.335 e. The number of nitrogens with one attached hydrogen (secondary N) is 1. The van der Waals surface area contributed by atoms with Crippen molar-refractivity contribution in [1.29, 1.82) is 0 Å². The van der Waals surface area contributed by atoms with Gasteiger partial charge in [-0.1, -0.05) is 61.5 Å². The van der Waals surface area contributed by atoms with E-state index in [-0.39, 0.29) is 23.3 Å². The summed E-state index contributed by atoms with van der Waals surface area (Å²) in [7, 11) is 0. The zero-order valence-electron chi connectivity index (χ0n) is 20.2. The van der Waals surface area contributed by atoms with E-state index in [9.17, 15) is 29.4 Å². The normalized spacial score (nSPS) is 12.2. The highest BCUT2D eigenvalue weighted by molar-refractivity contribution is 5.98. The van der Waals surface area contributed by atoms with Crippen LogP contribution >= 0.6 is 0 Å². The van der Waals surface area contributed by atoms with Crippen molar-refractivity contribution in [1.82, 2.24) is 5.32 Å². The van der Waals surface area contributed by atoms with Gasteiger partial charge in [-0.25, -0.2) is 4.79 Å². The Bertz CT molecular complexity index is 1270. The number of carboxylic acids is 2.